The smallest absolute Gasteiger partial charge is 0.410 e. The second-order valence-electron chi connectivity index (χ2n) is 13.8. The number of carbonyl (C=O) groups excluding carboxylic acids is 4. The van der Waals surface area contributed by atoms with Gasteiger partial charge in [-0.3, -0.25) is 19.3 Å². The third-order valence-corrected chi connectivity index (χ3v) is 8.07. The molecule has 0 aromatic carbocycles. The highest BCUT2D eigenvalue weighted by Crippen LogP contribution is 2.32. The molecule has 234 valence electrons. The van der Waals surface area contributed by atoms with Gasteiger partial charge in [0.2, 0.25) is 17.7 Å². The summed E-state index contributed by atoms with van der Waals surface area (Å²) in [7, 11) is 0. The number of aliphatic hydroxyl groups excluding tert-OH is 1. The van der Waals surface area contributed by atoms with Crippen LogP contribution in [0.25, 0.3) is 0 Å². The van der Waals surface area contributed by atoms with E-state index in [1.807, 2.05) is 48.5 Å². The van der Waals surface area contributed by atoms with Crippen molar-refractivity contribution >= 4 is 23.8 Å². The number of amides is 4. The van der Waals surface area contributed by atoms with Crippen molar-refractivity contribution < 1.29 is 33.8 Å². The summed E-state index contributed by atoms with van der Waals surface area (Å²) >= 11 is 0. The van der Waals surface area contributed by atoms with Gasteiger partial charge in [0.05, 0.1) is 24.9 Å². The molecule has 1 saturated carbocycles. The Hall–Kier alpha value is -2.44. The van der Waals surface area contributed by atoms with E-state index in [1.165, 1.54) is 4.90 Å². The zero-order valence-corrected chi connectivity index (χ0v) is 25.9. The molecule has 12 heteroatoms. The van der Waals surface area contributed by atoms with E-state index in [2.05, 4.69) is 10.2 Å². The Kier molecular flexibility index (Phi) is 10.7. The summed E-state index contributed by atoms with van der Waals surface area (Å²) in [5.41, 5.74) is 4.33. The molecule has 3 fully saturated rings. The molecule has 0 spiro atoms. The number of ether oxygens (including phenoxy) is 2. The minimum atomic E-state index is -0.883. The molecular weight excluding hydrogens is 530 g/mol. The fourth-order valence-corrected chi connectivity index (χ4v) is 5.79. The Labute approximate surface area is 244 Å². The van der Waals surface area contributed by atoms with Gasteiger partial charge in [0.25, 0.3) is 0 Å². The van der Waals surface area contributed by atoms with Crippen molar-refractivity contribution in [1.82, 2.24) is 20.0 Å². The lowest BCUT2D eigenvalue weighted by atomic mass is 9.85. The number of piperidine rings is 1. The van der Waals surface area contributed by atoms with Crippen molar-refractivity contribution in [2.75, 3.05) is 32.7 Å². The van der Waals surface area contributed by atoms with Gasteiger partial charge in [-0.05, 0) is 58.8 Å². The van der Waals surface area contributed by atoms with Crippen molar-refractivity contribution in [1.29, 1.82) is 0 Å². The van der Waals surface area contributed by atoms with E-state index >= 15 is 0 Å². The van der Waals surface area contributed by atoms with Crippen molar-refractivity contribution in [3.05, 3.63) is 0 Å². The fourth-order valence-electron chi connectivity index (χ4n) is 5.79. The van der Waals surface area contributed by atoms with E-state index in [1.54, 1.807) is 4.90 Å². The molecule has 2 aliphatic heterocycles. The minimum absolute atomic E-state index is 0.0155. The van der Waals surface area contributed by atoms with Crippen molar-refractivity contribution in [2.24, 2.45) is 11.1 Å². The zero-order valence-electron chi connectivity index (χ0n) is 25.9. The normalized spacial score (nSPS) is 26.7. The Morgan fingerprint density at radius 1 is 1.02 bits per heavy atom. The van der Waals surface area contributed by atoms with Crippen LogP contribution in [-0.2, 0) is 23.9 Å². The monoisotopic (exact) mass is 581 g/mol. The molecule has 3 atom stereocenters. The van der Waals surface area contributed by atoms with Crippen LogP contribution < -0.4 is 11.1 Å². The predicted octanol–water partition coefficient (Wildman–Crippen LogP) is 1.23. The number of rotatable bonds is 9. The van der Waals surface area contributed by atoms with Crippen LogP contribution in [0.2, 0.25) is 0 Å². The Morgan fingerprint density at radius 2 is 1.63 bits per heavy atom. The van der Waals surface area contributed by atoms with E-state index in [9.17, 15) is 24.3 Å². The molecule has 12 nitrogen and oxygen atoms in total. The van der Waals surface area contributed by atoms with Crippen molar-refractivity contribution in [3.63, 3.8) is 0 Å². The number of nitrogens with zero attached hydrogens (tertiary/aromatic N) is 3. The molecule has 3 rings (SSSR count). The maximum absolute atomic E-state index is 13.4. The molecule has 0 aromatic rings. The molecule has 0 unspecified atom stereocenters. The second-order valence-corrected chi connectivity index (χ2v) is 13.8. The summed E-state index contributed by atoms with van der Waals surface area (Å²) < 4.78 is 11.8. The molecular formula is C29H51N5O7. The summed E-state index contributed by atoms with van der Waals surface area (Å²) in [5, 5.41) is 12.9. The molecule has 0 aromatic heterocycles. The number of likely N-dealkylation sites (tertiary alicyclic amines) is 2. The summed E-state index contributed by atoms with van der Waals surface area (Å²) in [5.74, 6) is -1.34. The van der Waals surface area contributed by atoms with Gasteiger partial charge in [-0.1, -0.05) is 20.8 Å². The molecule has 3 aliphatic rings. The first-order valence-electron chi connectivity index (χ1n) is 14.9. The first-order valence-corrected chi connectivity index (χ1v) is 14.9. The van der Waals surface area contributed by atoms with E-state index < -0.39 is 41.0 Å². The Balaban J connectivity index is 1.44. The number of nitrogens with one attached hydrogen (secondary N) is 1. The molecule has 0 radical (unpaired) electrons. The van der Waals surface area contributed by atoms with Gasteiger partial charge in [-0.2, -0.15) is 0 Å². The average molecular weight is 582 g/mol. The lowest BCUT2D eigenvalue weighted by molar-refractivity contribution is -0.143. The third-order valence-electron chi connectivity index (χ3n) is 8.07. The summed E-state index contributed by atoms with van der Waals surface area (Å²) in [6.07, 6.45) is 2.40. The van der Waals surface area contributed by atoms with Crippen LogP contribution in [0.3, 0.4) is 0 Å². The van der Waals surface area contributed by atoms with E-state index in [4.69, 9.17) is 15.2 Å². The van der Waals surface area contributed by atoms with Gasteiger partial charge in [0.15, 0.2) is 0 Å². The number of carbonyl (C=O) groups is 4. The number of β-amino-alcohol motifs (C(OH)–C–C–N with tert-alkyl or cyclic N) is 1. The van der Waals surface area contributed by atoms with Crippen LogP contribution in [0.1, 0.15) is 80.6 Å². The summed E-state index contributed by atoms with van der Waals surface area (Å²) in [6.45, 7) is 15.3. The topological polar surface area (TPSA) is 155 Å². The average Bonchev–Trinajstić information content (AvgIpc) is 3.22. The SMILES string of the molecule is CCN(C(=O)OC(C)(C)C)[C@H]1C[C@H](OC2CCN(CC(=O)N[C@@H](C(=O)N3C[C@H](O)C[C@H]3C(N)=O)C(C)(C)C)CC2)C1. The van der Waals surface area contributed by atoms with Crippen LogP contribution in [0, 0.1) is 5.41 Å². The molecule has 4 N–H and O–H groups in total. The van der Waals surface area contributed by atoms with Gasteiger partial charge in [0, 0.05) is 38.6 Å². The van der Waals surface area contributed by atoms with E-state index in [0.29, 0.717) is 19.6 Å². The number of nitrogens with two attached hydrogens (primary N) is 1. The maximum Gasteiger partial charge on any atom is 0.410 e. The molecule has 0 bridgehead atoms. The van der Waals surface area contributed by atoms with Crippen LogP contribution in [0.5, 0.6) is 0 Å². The van der Waals surface area contributed by atoms with E-state index in [0.717, 1.165) is 25.7 Å². The lowest BCUT2D eigenvalue weighted by Gasteiger charge is -2.44. The predicted molar refractivity (Wildman–Crippen MR) is 153 cm³/mol. The highest BCUT2D eigenvalue weighted by molar-refractivity contribution is 5.93. The number of hydrogen-bond acceptors (Lipinski definition) is 8. The van der Waals surface area contributed by atoms with Crippen LogP contribution >= 0.6 is 0 Å². The molecule has 2 heterocycles. The van der Waals surface area contributed by atoms with Gasteiger partial charge in [0.1, 0.15) is 17.7 Å². The van der Waals surface area contributed by atoms with Crippen LogP contribution in [-0.4, -0.2) is 118 Å². The maximum atomic E-state index is 13.4. The van der Waals surface area contributed by atoms with Gasteiger partial charge >= 0.3 is 6.09 Å². The first kappa shape index (κ1) is 33.1. The highest BCUT2D eigenvalue weighted by Gasteiger charge is 2.44. The standard InChI is InChI=1S/C29H51N5O7/c1-8-33(27(39)41-29(5,6)7)18-13-21(14-18)40-20-9-11-32(12-10-20)17-23(36)31-24(28(2,3)4)26(38)34-16-19(35)15-22(34)25(30)37/h18-22,24,35H,8-17H2,1-7H3,(H2,30,37)(H,31,36)/t18-,19-,21-,22+,24+/m1/s1. The van der Waals surface area contributed by atoms with Crippen molar-refractivity contribution in [3.8, 4) is 0 Å². The third kappa shape index (κ3) is 9.02. The highest BCUT2D eigenvalue weighted by atomic mass is 16.6. The summed E-state index contributed by atoms with van der Waals surface area (Å²) in [6, 6.07) is -1.62. The molecule has 4 amide bonds. The summed E-state index contributed by atoms with van der Waals surface area (Å²) in [4.78, 5) is 55.9. The van der Waals surface area contributed by atoms with Gasteiger partial charge < -0.3 is 35.4 Å². The number of aliphatic hydroxyl groups is 1. The Bertz CT molecular complexity index is 948. The quantitative estimate of drug-likeness (QED) is 0.367. The molecule has 1 aliphatic carbocycles. The van der Waals surface area contributed by atoms with Gasteiger partial charge in [-0.25, -0.2) is 4.79 Å². The minimum Gasteiger partial charge on any atom is -0.444 e. The number of hydrogen-bond donors (Lipinski definition) is 3. The Morgan fingerprint density at radius 3 is 2.15 bits per heavy atom. The lowest BCUT2D eigenvalue weighted by Crippen LogP contribution is -2.58. The molecule has 2 saturated heterocycles. The molecule has 41 heavy (non-hydrogen) atoms. The van der Waals surface area contributed by atoms with Crippen molar-refractivity contribution in [2.45, 2.75) is 123 Å². The zero-order chi connectivity index (χ0) is 30.7. The largest absolute Gasteiger partial charge is 0.444 e. The second kappa shape index (κ2) is 13.2. The van der Waals surface area contributed by atoms with Crippen LogP contribution in [0.4, 0.5) is 4.79 Å². The van der Waals surface area contributed by atoms with Crippen LogP contribution in [0.15, 0.2) is 0 Å². The first-order chi connectivity index (χ1) is 19.0. The number of primary amides is 1. The van der Waals surface area contributed by atoms with Gasteiger partial charge in [-0.15, -0.1) is 0 Å². The van der Waals surface area contributed by atoms with E-state index in [-0.39, 0.29) is 49.8 Å². The fraction of sp³-hybridized carbons (Fsp3) is 0.862.